The van der Waals surface area contributed by atoms with Crippen molar-refractivity contribution in [2.45, 2.75) is 10.3 Å². The summed E-state index contributed by atoms with van der Waals surface area (Å²) in [6, 6.07) is 10.3. The van der Waals surface area contributed by atoms with Crippen molar-refractivity contribution in [3.05, 3.63) is 77.1 Å². The molecule has 1 unspecified atom stereocenters. The van der Waals surface area contributed by atoms with Crippen molar-refractivity contribution in [3.63, 3.8) is 0 Å². The van der Waals surface area contributed by atoms with Crippen LogP contribution in [0.2, 0.25) is 5.02 Å². The molecule has 1 saturated heterocycles. The van der Waals surface area contributed by atoms with Crippen LogP contribution >= 0.6 is 22.9 Å². The molecule has 4 heterocycles. The lowest BCUT2D eigenvalue weighted by atomic mass is 10.2. The first-order valence-corrected chi connectivity index (χ1v) is 15.8. The molecule has 0 radical (unpaired) electrons. The summed E-state index contributed by atoms with van der Waals surface area (Å²) in [5, 5.41) is 18.5. The van der Waals surface area contributed by atoms with Crippen molar-refractivity contribution in [3.8, 4) is 11.3 Å². The number of amides is 1. The van der Waals surface area contributed by atoms with Gasteiger partial charge in [-0.05, 0) is 29.7 Å². The van der Waals surface area contributed by atoms with Crippen molar-refractivity contribution in [2.75, 3.05) is 25.4 Å². The molecule has 12 nitrogen and oxygen atoms in total. The molecule has 5 rings (SSSR count). The first kappa shape index (κ1) is 27.4. The Bertz CT molecular complexity index is 1780. The third-order valence-electron chi connectivity index (χ3n) is 6.15. The second kappa shape index (κ2) is 10.4. The number of aromatic nitrogens is 3. The molecule has 0 aliphatic carbocycles. The number of rotatable bonds is 6. The highest BCUT2D eigenvalue weighted by atomic mass is 35.5. The van der Waals surface area contributed by atoms with Crippen LogP contribution in [0, 0.1) is 5.21 Å². The molecule has 0 spiro atoms. The Morgan fingerprint density at radius 1 is 1.13 bits per heavy atom. The van der Waals surface area contributed by atoms with Gasteiger partial charge in [-0.3, -0.25) is 4.79 Å². The molecule has 1 aliphatic rings. The standard InChI is InChI=1S/C23H21ClN6O6S3/c24-17-5-4-15-9-21(37-20(15)10-17)39(35,36)28-7-8-29(18(13-28)14-38(25,33)34)23(31)22-26-11-16(12-27-22)19-3-1-2-6-30(19)32/h1-6,9-12,18H,7-8,13-14H2,(H2,25,33,34). The molecule has 204 valence electrons. The van der Waals surface area contributed by atoms with Gasteiger partial charge in [0.2, 0.25) is 21.5 Å². The average molecular weight is 609 g/mol. The Labute approximate surface area is 233 Å². The fourth-order valence-electron chi connectivity index (χ4n) is 4.31. The number of pyridine rings is 1. The fraction of sp³-hybridized carbons (Fsp3) is 0.217. The summed E-state index contributed by atoms with van der Waals surface area (Å²) in [4.78, 5) is 22.7. The van der Waals surface area contributed by atoms with Crippen LogP contribution in [0.15, 0.2) is 65.3 Å². The summed E-state index contributed by atoms with van der Waals surface area (Å²) in [6.45, 7) is -0.487. The van der Waals surface area contributed by atoms with E-state index < -0.39 is 37.7 Å². The molecule has 39 heavy (non-hydrogen) atoms. The maximum absolute atomic E-state index is 13.5. The van der Waals surface area contributed by atoms with Crippen LogP contribution < -0.4 is 9.87 Å². The maximum Gasteiger partial charge on any atom is 0.292 e. The molecule has 2 N–H and O–H groups in total. The second-order valence-corrected chi connectivity index (χ2v) is 14.1. The molecule has 1 atom stereocenters. The lowest BCUT2D eigenvalue weighted by Crippen LogP contribution is -2.59. The van der Waals surface area contributed by atoms with Crippen molar-refractivity contribution < 1.29 is 26.4 Å². The predicted molar refractivity (Wildman–Crippen MR) is 145 cm³/mol. The largest absolute Gasteiger partial charge is 0.618 e. The number of sulfonamides is 2. The zero-order chi connectivity index (χ0) is 27.9. The van der Waals surface area contributed by atoms with Gasteiger partial charge in [-0.25, -0.2) is 31.9 Å². The van der Waals surface area contributed by atoms with Crippen LogP contribution in [0.4, 0.5) is 0 Å². The van der Waals surface area contributed by atoms with Crippen LogP contribution in [0.3, 0.4) is 0 Å². The second-order valence-electron chi connectivity index (χ2n) is 8.80. The van der Waals surface area contributed by atoms with Gasteiger partial charge in [0.25, 0.3) is 15.9 Å². The number of halogens is 1. The molecule has 16 heteroatoms. The summed E-state index contributed by atoms with van der Waals surface area (Å²) >= 11 is 7.08. The van der Waals surface area contributed by atoms with Crippen LogP contribution in [0.5, 0.6) is 0 Å². The molecule has 0 bridgehead atoms. The van der Waals surface area contributed by atoms with E-state index in [-0.39, 0.29) is 35.4 Å². The van der Waals surface area contributed by atoms with E-state index in [4.69, 9.17) is 16.7 Å². The van der Waals surface area contributed by atoms with E-state index in [1.807, 2.05) is 0 Å². The van der Waals surface area contributed by atoms with Crippen LogP contribution in [-0.4, -0.2) is 73.3 Å². The summed E-state index contributed by atoms with van der Waals surface area (Å²) in [6.07, 6.45) is 3.94. The number of hydrogen-bond donors (Lipinski definition) is 1. The highest BCUT2D eigenvalue weighted by Crippen LogP contribution is 2.33. The minimum Gasteiger partial charge on any atom is -0.618 e. The summed E-state index contributed by atoms with van der Waals surface area (Å²) in [5.74, 6) is -1.58. The van der Waals surface area contributed by atoms with Gasteiger partial charge < -0.3 is 10.1 Å². The number of hydrogen-bond acceptors (Lipinski definition) is 9. The van der Waals surface area contributed by atoms with Crippen LogP contribution in [-0.2, 0) is 20.0 Å². The van der Waals surface area contributed by atoms with E-state index in [1.54, 1.807) is 36.4 Å². The third kappa shape index (κ3) is 5.73. The van der Waals surface area contributed by atoms with E-state index in [2.05, 4.69) is 9.97 Å². The molecule has 1 aliphatic heterocycles. The molecule has 1 fully saturated rings. The number of nitrogens with two attached hydrogens (primary N) is 1. The Morgan fingerprint density at radius 2 is 1.87 bits per heavy atom. The number of nitrogens with zero attached hydrogens (tertiary/aromatic N) is 5. The fourth-order valence-corrected chi connectivity index (χ4v) is 8.43. The molecular formula is C23H21ClN6O6S3. The van der Waals surface area contributed by atoms with Gasteiger partial charge in [-0.15, -0.1) is 11.3 Å². The van der Waals surface area contributed by atoms with Crippen molar-refractivity contribution >= 4 is 59.0 Å². The minimum atomic E-state index is -4.08. The normalized spacial score (nSPS) is 17.0. The van der Waals surface area contributed by atoms with Crippen LogP contribution in [0.25, 0.3) is 21.3 Å². The van der Waals surface area contributed by atoms with Gasteiger partial charge in [-0.1, -0.05) is 17.7 Å². The third-order valence-corrected chi connectivity index (χ3v) is 10.6. The highest BCUT2D eigenvalue weighted by Gasteiger charge is 2.39. The topological polar surface area (TPSA) is 171 Å². The molecule has 1 amide bonds. The number of carbonyl (C=O) groups is 1. The number of piperazine rings is 1. The van der Waals surface area contributed by atoms with Crippen molar-refractivity contribution in [1.82, 2.24) is 19.2 Å². The number of fused-ring (bicyclic) bond motifs is 1. The lowest BCUT2D eigenvalue weighted by Gasteiger charge is -2.39. The number of thiophene rings is 1. The zero-order valence-electron chi connectivity index (χ0n) is 20.0. The van der Waals surface area contributed by atoms with Gasteiger partial charge in [0.1, 0.15) is 4.21 Å². The van der Waals surface area contributed by atoms with Gasteiger partial charge in [0, 0.05) is 53.9 Å². The monoisotopic (exact) mass is 608 g/mol. The highest BCUT2D eigenvalue weighted by molar-refractivity contribution is 7.91. The molecule has 0 saturated carbocycles. The Balaban J connectivity index is 1.40. The van der Waals surface area contributed by atoms with E-state index >= 15 is 0 Å². The van der Waals surface area contributed by atoms with E-state index in [1.165, 1.54) is 29.6 Å². The minimum absolute atomic E-state index is 0.0735. The summed E-state index contributed by atoms with van der Waals surface area (Å²) < 4.78 is 53.5. The molecule has 4 aromatic rings. The lowest BCUT2D eigenvalue weighted by molar-refractivity contribution is -0.593. The number of carbonyl (C=O) groups excluding carboxylic acids is 1. The first-order valence-electron chi connectivity index (χ1n) is 11.4. The van der Waals surface area contributed by atoms with Crippen molar-refractivity contribution in [1.29, 1.82) is 0 Å². The number of benzene rings is 1. The Kier molecular flexibility index (Phi) is 7.30. The summed E-state index contributed by atoms with van der Waals surface area (Å²) in [5.41, 5.74) is 0.662. The van der Waals surface area contributed by atoms with Gasteiger partial charge in [-0.2, -0.15) is 9.04 Å². The smallest absolute Gasteiger partial charge is 0.292 e. The number of primary sulfonamides is 1. The van der Waals surface area contributed by atoms with Gasteiger partial charge >= 0.3 is 0 Å². The van der Waals surface area contributed by atoms with Gasteiger partial charge in [0.05, 0.1) is 17.4 Å². The van der Waals surface area contributed by atoms with E-state index in [0.717, 1.165) is 15.6 Å². The molecule has 3 aromatic heterocycles. The molecular weight excluding hydrogens is 588 g/mol. The maximum atomic E-state index is 13.5. The van der Waals surface area contributed by atoms with Crippen LogP contribution in [0.1, 0.15) is 10.6 Å². The predicted octanol–water partition coefficient (Wildman–Crippen LogP) is 1.45. The quantitative estimate of drug-likeness (QED) is 0.253. The first-order chi connectivity index (χ1) is 18.4. The van der Waals surface area contributed by atoms with Crippen molar-refractivity contribution in [2.24, 2.45) is 5.14 Å². The summed E-state index contributed by atoms with van der Waals surface area (Å²) in [7, 11) is -8.09. The molecule has 1 aromatic carbocycles. The van der Waals surface area contributed by atoms with Gasteiger partial charge in [0.15, 0.2) is 6.20 Å². The Hall–Kier alpha value is -3.21. The average Bonchev–Trinajstić information content (AvgIpc) is 3.32. The Morgan fingerprint density at radius 3 is 2.56 bits per heavy atom. The van der Waals surface area contributed by atoms with E-state index in [0.29, 0.717) is 25.4 Å². The SMILES string of the molecule is NS(=O)(=O)CC1CN(S(=O)(=O)c2cc3ccc(Cl)cc3s2)CCN1C(=O)c1ncc(-c2cccc[n+]2[O-])cn1. The zero-order valence-corrected chi connectivity index (χ0v) is 23.3. The van der Waals surface area contributed by atoms with E-state index in [9.17, 15) is 26.8 Å².